The normalized spacial score (nSPS) is 10.6. The Morgan fingerprint density at radius 3 is 2.95 bits per heavy atom. The van der Waals surface area contributed by atoms with Gasteiger partial charge in [-0.3, -0.25) is 4.79 Å². The van der Waals surface area contributed by atoms with E-state index in [2.05, 4.69) is 27.4 Å². The molecule has 1 amide bonds. The van der Waals surface area contributed by atoms with Gasteiger partial charge in [-0.1, -0.05) is 18.3 Å². The highest BCUT2D eigenvalue weighted by molar-refractivity contribution is 7.17. The second kappa shape index (κ2) is 6.47. The lowest BCUT2D eigenvalue weighted by molar-refractivity contribution is 0.0779. The van der Waals surface area contributed by atoms with Gasteiger partial charge in [0.15, 0.2) is 0 Å². The maximum atomic E-state index is 12.2. The first kappa shape index (κ1) is 14.4. The molecule has 1 N–H and O–H groups in total. The molecule has 0 saturated carbocycles. The van der Waals surface area contributed by atoms with Gasteiger partial charge in [0.2, 0.25) is 10.1 Å². The minimum atomic E-state index is -0.143. The molecule has 2 aromatic rings. The number of aromatic nitrogens is 4. The van der Waals surface area contributed by atoms with Crippen LogP contribution in [-0.2, 0) is 13.6 Å². The molecule has 8 heteroatoms. The second-order valence-electron chi connectivity index (χ2n) is 4.45. The summed E-state index contributed by atoms with van der Waals surface area (Å²) in [6.45, 7) is 3.34. The lowest BCUT2D eigenvalue weighted by Crippen LogP contribution is -2.27. The summed E-state index contributed by atoms with van der Waals surface area (Å²) in [5.74, 6) is 0.685. The molecule has 20 heavy (non-hydrogen) atoms. The predicted molar refractivity (Wildman–Crippen MR) is 77.7 cm³/mol. The fourth-order valence-electron chi connectivity index (χ4n) is 1.61. The fraction of sp³-hybridized carbons (Fsp3) is 0.500. The van der Waals surface area contributed by atoms with Gasteiger partial charge in [0.25, 0.3) is 5.91 Å². The van der Waals surface area contributed by atoms with Crippen molar-refractivity contribution in [1.82, 2.24) is 24.6 Å². The molecule has 0 atom stereocenters. The first-order chi connectivity index (χ1) is 9.61. The van der Waals surface area contributed by atoms with Crippen molar-refractivity contribution in [3.05, 3.63) is 23.2 Å². The summed E-state index contributed by atoms with van der Waals surface area (Å²) in [7, 11) is 3.63. The predicted octanol–water partition coefficient (Wildman–Crippen LogP) is 1.37. The summed E-state index contributed by atoms with van der Waals surface area (Å²) in [4.78, 5) is 18.0. The molecule has 0 spiro atoms. The van der Waals surface area contributed by atoms with Crippen LogP contribution in [0.4, 0.5) is 5.13 Å². The van der Waals surface area contributed by atoms with Gasteiger partial charge in [-0.25, -0.2) is 4.98 Å². The fourth-order valence-corrected chi connectivity index (χ4v) is 2.37. The Hall–Kier alpha value is -1.96. The van der Waals surface area contributed by atoms with E-state index < -0.39 is 0 Å². The molecular weight excluding hydrogens is 276 g/mol. The van der Waals surface area contributed by atoms with Crippen LogP contribution < -0.4 is 5.32 Å². The van der Waals surface area contributed by atoms with Crippen LogP contribution in [0.3, 0.4) is 0 Å². The Morgan fingerprint density at radius 2 is 2.30 bits per heavy atom. The van der Waals surface area contributed by atoms with Crippen LogP contribution in [-0.4, -0.2) is 44.1 Å². The van der Waals surface area contributed by atoms with Crippen molar-refractivity contribution in [3.8, 4) is 0 Å². The molecule has 0 radical (unpaired) electrons. The van der Waals surface area contributed by atoms with Gasteiger partial charge in [-0.2, -0.15) is 0 Å². The Bertz CT molecular complexity index is 578. The molecule has 7 nitrogen and oxygen atoms in total. The molecule has 0 saturated heterocycles. The molecule has 108 valence electrons. The SMILES string of the molecule is CCCNc1nnc(C(=O)N(C)Cc2nccn2C)s1. The van der Waals surface area contributed by atoms with E-state index in [0.717, 1.165) is 18.8 Å². The molecule has 0 unspecified atom stereocenters. The molecule has 0 fully saturated rings. The maximum absolute atomic E-state index is 12.2. The van der Waals surface area contributed by atoms with Crippen LogP contribution in [0.1, 0.15) is 29.0 Å². The number of aryl methyl sites for hydroxylation is 1. The molecule has 0 aliphatic rings. The minimum Gasteiger partial charge on any atom is -0.360 e. The van der Waals surface area contributed by atoms with Crippen LogP contribution >= 0.6 is 11.3 Å². The number of carbonyl (C=O) groups excluding carboxylic acids is 1. The minimum absolute atomic E-state index is 0.143. The van der Waals surface area contributed by atoms with E-state index in [9.17, 15) is 4.79 Å². The smallest absolute Gasteiger partial charge is 0.285 e. The summed E-state index contributed by atoms with van der Waals surface area (Å²) in [6, 6.07) is 0. The Kier molecular flexibility index (Phi) is 4.67. The van der Waals surface area contributed by atoms with Crippen molar-refractivity contribution in [2.24, 2.45) is 7.05 Å². The average Bonchev–Trinajstić information content (AvgIpc) is 3.05. The lowest BCUT2D eigenvalue weighted by atomic mass is 10.5. The number of amides is 1. The topological polar surface area (TPSA) is 75.9 Å². The van der Waals surface area contributed by atoms with E-state index >= 15 is 0 Å². The van der Waals surface area contributed by atoms with Gasteiger partial charge in [0, 0.05) is 33.0 Å². The standard InChI is InChI=1S/C12H18N6OS/c1-4-5-14-12-16-15-10(20-12)11(19)18(3)8-9-13-6-7-17(9)2/h6-7H,4-5,8H2,1-3H3,(H,14,16). The summed E-state index contributed by atoms with van der Waals surface area (Å²) < 4.78 is 1.89. The van der Waals surface area contributed by atoms with Crippen LogP contribution in [0, 0.1) is 0 Å². The number of nitrogens with one attached hydrogen (secondary N) is 1. The number of nitrogens with zero attached hydrogens (tertiary/aromatic N) is 5. The number of rotatable bonds is 6. The van der Waals surface area contributed by atoms with Gasteiger partial charge >= 0.3 is 0 Å². The molecule has 2 heterocycles. The highest BCUT2D eigenvalue weighted by atomic mass is 32.1. The molecule has 0 aromatic carbocycles. The van der Waals surface area contributed by atoms with Crippen molar-refractivity contribution in [1.29, 1.82) is 0 Å². The van der Waals surface area contributed by atoms with Gasteiger partial charge < -0.3 is 14.8 Å². The van der Waals surface area contributed by atoms with E-state index in [0.29, 0.717) is 16.7 Å². The monoisotopic (exact) mass is 294 g/mol. The Labute approximate surface area is 121 Å². The molecule has 2 rings (SSSR count). The van der Waals surface area contributed by atoms with Gasteiger partial charge in [-0.05, 0) is 6.42 Å². The summed E-state index contributed by atoms with van der Waals surface area (Å²) in [5.41, 5.74) is 0. The third-order valence-electron chi connectivity index (χ3n) is 2.78. The zero-order valence-electron chi connectivity index (χ0n) is 11.8. The zero-order valence-corrected chi connectivity index (χ0v) is 12.6. The van der Waals surface area contributed by atoms with E-state index in [1.54, 1.807) is 18.1 Å². The van der Waals surface area contributed by atoms with Gasteiger partial charge in [-0.15, -0.1) is 10.2 Å². The highest BCUT2D eigenvalue weighted by Crippen LogP contribution is 2.17. The first-order valence-electron chi connectivity index (χ1n) is 6.41. The Morgan fingerprint density at radius 1 is 1.50 bits per heavy atom. The number of hydrogen-bond acceptors (Lipinski definition) is 6. The second-order valence-corrected chi connectivity index (χ2v) is 5.43. The number of imidazole rings is 1. The third kappa shape index (κ3) is 3.32. The summed E-state index contributed by atoms with van der Waals surface area (Å²) >= 11 is 1.27. The third-order valence-corrected chi connectivity index (χ3v) is 3.65. The van der Waals surface area contributed by atoms with Crippen molar-refractivity contribution in [2.45, 2.75) is 19.9 Å². The average molecular weight is 294 g/mol. The molecule has 0 aliphatic carbocycles. The molecule has 0 aliphatic heterocycles. The van der Waals surface area contributed by atoms with Crippen molar-refractivity contribution in [2.75, 3.05) is 18.9 Å². The van der Waals surface area contributed by atoms with Crippen LogP contribution in [0.2, 0.25) is 0 Å². The van der Waals surface area contributed by atoms with E-state index in [-0.39, 0.29) is 5.91 Å². The zero-order chi connectivity index (χ0) is 14.5. The van der Waals surface area contributed by atoms with Crippen molar-refractivity contribution >= 4 is 22.4 Å². The van der Waals surface area contributed by atoms with Crippen molar-refractivity contribution in [3.63, 3.8) is 0 Å². The van der Waals surface area contributed by atoms with E-state index in [1.165, 1.54) is 11.3 Å². The number of carbonyl (C=O) groups is 1. The largest absolute Gasteiger partial charge is 0.360 e. The van der Waals surface area contributed by atoms with Crippen LogP contribution in [0.25, 0.3) is 0 Å². The lowest BCUT2D eigenvalue weighted by Gasteiger charge is -2.14. The van der Waals surface area contributed by atoms with Crippen LogP contribution in [0.15, 0.2) is 12.4 Å². The quantitative estimate of drug-likeness (QED) is 0.870. The number of anilines is 1. The maximum Gasteiger partial charge on any atom is 0.285 e. The summed E-state index contributed by atoms with van der Waals surface area (Å²) in [6.07, 6.45) is 4.57. The first-order valence-corrected chi connectivity index (χ1v) is 7.22. The molecular formula is C12H18N6OS. The number of hydrogen-bond donors (Lipinski definition) is 1. The molecule has 0 bridgehead atoms. The molecule has 2 aromatic heterocycles. The van der Waals surface area contributed by atoms with E-state index in [1.807, 2.05) is 17.8 Å². The summed E-state index contributed by atoms with van der Waals surface area (Å²) in [5, 5.41) is 12.1. The van der Waals surface area contributed by atoms with Gasteiger partial charge in [0.1, 0.15) is 5.82 Å². The van der Waals surface area contributed by atoms with E-state index in [4.69, 9.17) is 0 Å². The van der Waals surface area contributed by atoms with Crippen molar-refractivity contribution < 1.29 is 4.79 Å². The Balaban J connectivity index is 1.99. The highest BCUT2D eigenvalue weighted by Gasteiger charge is 2.18. The van der Waals surface area contributed by atoms with Crippen LogP contribution in [0.5, 0.6) is 0 Å². The van der Waals surface area contributed by atoms with Gasteiger partial charge in [0.05, 0.1) is 6.54 Å².